The SMILES string of the molecule is FSc1cccs1. The van der Waals surface area contributed by atoms with Gasteiger partial charge in [0, 0.05) is 0 Å². The Morgan fingerprint density at radius 1 is 1.71 bits per heavy atom. The summed E-state index contributed by atoms with van der Waals surface area (Å²) in [6.07, 6.45) is 0. The van der Waals surface area contributed by atoms with Gasteiger partial charge >= 0.3 is 0 Å². The molecule has 0 saturated heterocycles. The zero-order valence-electron chi connectivity index (χ0n) is 3.43. The molecule has 0 bridgehead atoms. The Balaban J connectivity index is 2.76. The summed E-state index contributed by atoms with van der Waals surface area (Å²) >= 11 is 1.70. The Labute approximate surface area is 49.7 Å². The molecule has 1 heterocycles. The van der Waals surface area contributed by atoms with Gasteiger partial charge in [-0.3, -0.25) is 0 Å². The molecule has 1 aromatic heterocycles. The molecule has 0 saturated carbocycles. The molecule has 0 N–H and O–H groups in total. The number of thiophene rings is 1. The van der Waals surface area contributed by atoms with Gasteiger partial charge in [-0.2, -0.15) is 3.89 Å². The zero-order chi connectivity index (χ0) is 5.11. The van der Waals surface area contributed by atoms with Gasteiger partial charge < -0.3 is 0 Å². The second-order valence-corrected chi connectivity index (χ2v) is 2.81. The monoisotopic (exact) mass is 134 g/mol. The van der Waals surface area contributed by atoms with Crippen LogP contribution in [0.2, 0.25) is 0 Å². The standard InChI is InChI=1S/C4H3FS2/c5-7-4-2-1-3-6-4/h1-3H. The van der Waals surface area contributed by atoms with Crippen LogP contribution >= 0.6 is 23.5 Å². The van der Waals surface area contributed by atoms with Crippen LogP contribution < -0.4 is 0 Å². The highest BCUT2D eigenvalue weighted by Crippen LogP contribution is 2.23. The topological polar surface area (TPSA) is 0 Å². The minimum Gasteiger partial charge on any atom is -0.159 e. The second kappa shape index (κ2) is 2.33. The smallest absolute Gasteiger partial charge is 0.0930 e. The molecule has 7 heavy (non-hydrogen) atoms. The molecule has 0 aliphatic heterocycles. The number of halogens is 1. The van der Waals surface area contributed by atoms with Crippen molar-refractivity contribution in [2.24, 2.45) is 0 Å². The van der Waals surface area contributed by atoms with Gasteiger partial charge in [0.15, 0.2) is 0 Å². The molecule has 38 valence electrons. The summed E-state index contributed by atoms with van der Waals surface area (Å²) in [5.74, 6) is 0. The van der Waals surface area contributed by atoms with Gasteiger partial charge in [-0.15, -0.1) is 11.3 Å². The molecule has 0 fully saturated rings. The largest absolute Gasteiger partial charge is 0.159 e. The van der Waals surface area contributed by atoms with Crippen molar-refractivity contribution in [1.29, 1.82) is 0 Å². The Bertz CT molecular complexity index is 124. The molecule has 0 amide bonds. The van der Waals surface area contributed by atoms with Crippen LogP contribution in [0.15, 0.2) is 21.7 Å². The summed E-state index contributed by atoms with van der Waals surface area (Å²) < 4.78 is 12.2. The van der Waals surface area contributed by atoms with Crippen molar-refractivity contribution < 1.29 is 3.89 Å². The van der Waals surface area contributed by atoms with E-state index < -0.39 is 0 Å². The van der Waals surface area contributed by atoms with Crippen LogP contribution in [0.25, 0.3) is 0 Å². The molecule has 0 aromatic carbocycles. The molecule has 1 aromatic rings. The van der Waals surface area contributed by atoms with Crippen LogP contribution in [-0.2, 0) is 0 Å². The third-order valence-corrected chi connectivity index (χ3v) is 2.00. The van der Waals surface area contributed by atoms with Gasteiger partial charge in [0.25, 0.3) is 0 Å². The lowest BCUT2D eigenvalue weighted by molar-refractivity contribution is 0.938. The van der Waals surface area contributed by atoms with Crippen molar-refractivity contribution in [3.05, 3.63) is 17.5 Å². The van der Waals surface area contributed by atoms with Gasteiger partial charge in [-0.1, -0.05) is 6.07 Å². The predicted molar refractivity (Wildman–Crippen MR) is 31.3 cm³/mol. The van der Waals surface area contributed by atoms with Crippen molar-refractivity contribution in [3.8, 4) is 0 Å². The van der Waals surface area contributed by atoms with Gasteiger partial charge in [0.05, 0.1) is 16.4 Å². The van der Waals surface area contributed by atoms with E-state index in [1.54, 1.807) is 6.07 Å². The van der Waals surface area contributed by atoms with E-state index in [1.807, 2.05) is 11.4 Å². The predicted octanol–water partition coefficient (Wildman–Crippen LogP) is 2.72. The minimum atomic E-state index is 0.294. The van der Waals surface area contributed by atoms with Crippen LogP contribution in [-0.4, -0.2) is 0 Å². The van der Waals surface area contributed by atoms with Crippen molar-refractivity contribution in [2.45, 2.75) is 4.21 Å². The molecular weight excluding hydrogens is 131 g/mol. The van der Waals surface area contributed by atoms with E-state index in [1.165, 1.54) is 11.3 Å². The summed E-state index contributed by atoms with van der Waals surface area (Å²) in [5, 5.41) is 1.85. The van der Waals surface area contributed by atoms with E-state index in [-0.39, 0.29) is 0 Å². The van der Waals surface area contributed by atoms with Crippen LogP contribution in [0.4, 0.5) is 3.89 Å². The van der Waals surface area contributed by atoms with E-state index in [2.05, 4.69) is 0 Å². The fourth-order valence-corrected chi connectivity index (χ4v) is 1.20. The van der Waals surface area contributed by atoms with Crippen molar-refractivity contribution in [2.75, 3.05) is 0 Å². The Morgan fingerprint density at radius 2 is 2.57 bits per heavy atom. The average Bonchev–Trinajstić information content (AvgIpc) is 2.14. The number of hydrogen-bond donors (Lipinski definition) is 0. The highest BCUT2D eigenvalue weighted by Gasteiger charge is 1.87. The Kier molecular flexibility index (Phi) is 1.70. The molecule has 0 radical (unpaired) electrons. The highest BCUT2D eigenvalue weighted by molar-refractivity contribution is 7.96. The maximum Gasteiger partial charge on any atom is 0.0930 e. The third kappa shape index (κ3) is 1.17. The first-order valence-corrected chi connectivity index (χ1v) is 3.35. The first kappa shape index (κ1) is 5.12. The normalized spacial score (nSPS) is 9.29. The van der Waals surface area contributed by atoms with Crippen LogP contribution in [0.5, 0.6) is 0 Å². The summed E-state index contributed by atoms with van der Waals surface area (Å²) in [6, 6.07) is 3.57. The zero-order valence-corrected chi connectivity index (χ0v) is 5.06. The average molecular weight is 134 g/mol. The summed E-state index contributed by atoms with van der Waals surface area (Å²) in [4.78, 5) is 0. The van der Waals surface area contributed by atoms with Crippen LogP contribution in [0, 0.1) is 0 Å². The summed E-state index contributed by atoms with van der Waals surface area (Å²) in [5.41, 5.74) is 0. The maximum atomic E-state index is 11.5. The maximum absolute atomic E-state index is 11.5. The van der Waals surface area contributed by atoms with E-state index in [0.717, 1.165) is 4.21 Å². The third-order valence-electron chi connectivity index (χ3n) is 0.571. The molecule has 0 aliphatic carbocycles. The Morgan fingerprint density at radius 3 is 2.86 bits per heavy atom. The number of hydrogen-bond acceptors (Lipinski definition) is 2. The molecule has 0 spiro atoms. The fourth-order valence-electron chi connectivity index (χ4n) is 0.307. The first-order chi connectivity index (χ1) is 3.43. The van der Waals surface area contributed by atoms with Crippen molar-refractivity contribution in [1.82, 2.24) is 0 Å². The van der Waals surface area contributed by atoms with E-state index in [9.17, 15) is 3.89 Å². The van der Waals surface area contributed by atoms with Crippen LogP contribution in [0.3, 0.4) is 0 Å². The van der Waals surface area contributed by atoms with Gasteiger partial charge in [-0.25, -0.2) is 0 Å². The van der Waals surface area contributed by atoms with Crippen LogP contribution in [0.1, 0.15) is 0 Å². The quantitative estimate of drug-likeness (QED) is 0.569. The van der Waals surface area contributed by atoms with E-state index in [0.29, 0.717) is 12.1 Å². The van der Waals surface area contributed by atoms with E-state index >= 15 is 0 Å². The number of rotatable bonds is 1. The second-order valence-electron chi connectivity index (χ2n) is 1.01. The summed E-state index contributed by atoms with van der Waals surface area (Å²) in [6.45, 7) is 0. The molecule has 3 heteroatoms. The lowest BCUT2D eigenvalue weighted by Gasteiger charge is -1.72. The molecular formula is C4H3FS2. The van der Waals surface area contributed by atoms with Gasteiger partial charge in [0.2, 0.25) is 0 Å². The summed E-state index contributed by atoms with van der Waals surface area (Å²) in [7, 11) is 0. The molecule has 0 unspecified atom stereocenters. The van der Waals surface area contributed by atoms with Crippen molar-refractivity contribution >= 4 is 23.5 Å². The lowest BCUT2D eigenvalue weighted by Crippen LogP contribution is -1.40. The highest BCUT2D eigenvalue weighted by atomic mass is 32.2. The van der Waals surface area contributed by atoms with Crippen molar-refractivity contribution in [3.63, 3.8) is 0 Å². The minimum absolute atomic E-state index is 0.294. The van der Waals surface area contributed by atoms with E-state index in [4.69, 9.17) is 0 Å². The molecule has 0 nitrogen and oxygen atoms in total. The first-order valence-electron chi connectivity index (χ1n) is 1.75. The van der Waals surface area contributed by atoms with Gasteiger partial charge in [-0.05, 0) is 11.4 Å². The lowest BCUT2D eigenvalue weighted by atomic mass is 10.7. The Hall–Kier alpha value is -0.0200. The molecule has 0 aliphatic rings. The fraction of sp³-hybridized carbons (Fsp3) is 0. The molecule has 1 rings (SSSR count). The molecule has 0 atom stereocenters. The van der Waals surface area contributed by atoms with Gasteiger partial charge in [0.1, 0.15) is 0 Å².